The van der Waals surface area contributed by atoms with Crippen LogP contribution in [-0.4, -0.2) is 54.8 Å². The highest BCUT2D eigenvalue weighted by molar-refractivity contribution is 6.22. The van der Waals surface area contributed by atoms with Crippen LogP contribution in [-0.2, 0) is 20.9 Å². The van der Waals surface area contributed by atoms with Gasteiger partial charge in [0.15, 0.2) is 0 Å². The number of carbonyl (C=O) groups is 1. The van der Waals surface area contributed by atoms with E-state index in [0.717, 1.165) is 49.2 Å². The molecule has 3 aromatic rings. The summed E-state index contributed by atoms with van der Waals surface area (Å²) in [5, 5.41) is 19.9. The minimum absolute atomic E-state index is 0.128. The van der Waals surface area contributed by atoms with Crippen molar-refractivity contribution < 1.29 is 19.0 Å². The molecule has 0 radical (unpaired) electrons. The van der Waals surface area contributed by atoms with Gasteiger partial charge in [0.05, 0.1) is 53.8 Å². The first-order valence-electron chi connectivity index (χ1n) is 14.8. The molecular formula is C34H34ClN5O4. The van der Waals surface area contributed by atoms with Gasteiger partial charge in [0, 0.05) is 35.8 Å². The Morgan fingerprint density at radius 1 is 1.23 bits per heavy atom. The number of hydrogen-bond acceptors (Lipinski definition) is 8. The zero-order chi connectivity index (χ0) is 30.3. The predicted molar refractivity (Wildman–Crippen MR) is 171 cm³/mol. The first-order chi connectivity index (χ1) is 21.6. The standard InChI is InChI=1S/C34H34ClN5O4/c35-28-15-25(6-7-31(28)43-20-23-4-2-1-3-5-23)39-34-24(18-36)19-38-29-17-32(44-26-10-13-42-21-26)30(16-27(29)34)40-33(41)14-22-8-11-37-12-9-22/h1-7,14-17,19,26,28,31,37H,8-13,20-21H2,(H,38,39)(H,40,41). The van der Waals surface area contributed by atoms with Crippen LogP contribution in [0.5, 0.6) is 5.75 Å². The summed E-state index contributed by atoms with van der Waals surface area (Å²) in [7, 11) is 0. The van der Waals surface area contributed by atoms with Crippen molar-refractivity contribution in [2.75, 3.05) is 36.9 Å². The van der Waals surface area contributed by atoms with Crippen LogP contribution < -0.4 is 20.7 Å². The molecule has 3 atom stereocenters. The number of ether oxygens (including phenoxy) is 3. The summed E-state index contributed by atoms with van der Waals surface area (Å²) in [6.07, 6.45) is 10.9. The van der Waals surface area contributed by atoms with Crippen LogP contribution in [0.3, 0.4) is 0 Å². The Balaban J connectivity index is 1.27. The molecule has 3 aliphatic rings. The fourth-order valence-corrected chi connectivity index (χ4v) is 5.73. The summed E-state index contributed by atoms with van der Waals surface area (Å²) < 4.78 is 17.8. The topological polar surface area (TPSA) is 118 Å². The van der Waals surface area contributed by atoms with E-state index in [1.807, 2.05) is 54.6 Å². The third-order valence-corrected chi connectivity index (χ3v) is 8.16. The number of carbonyl (C=O) groups excluding carboxylic acids is 1. The molecule has 44 heavy (non-hydrogen) atoms. The SMILES string of the molecule is N#Cc1cnc2cc(OC3CCOC3)c(NC(=O)C=C3CCNCC3)cc2c1NC1=CC(Cl)C(OCc2ccccc2)C=C1. The maximum absolute atomic E-state index is 13.1. The maximum atomic E-state index is 13.1. The number of pyridine rings is 1. The molecule has 10 heteroatoms. The molecule has 1 amide bonds. The number of nitriles is 1. The third-order valence-electron chi connectivity index (χ3n) is 7.78. The highest BCUT2D eigenvalue weighted by atomic mass is 35.5. The number of alkyl halides is 1. The van der Waals surface area contributed by atoms with Gasteiger partial charge in [-0.05, 0) is 49.7 Å². The first kappa shape index (κ1) is 29.9. The van der Waals surface area contributed by atoms with Gasteiger partial charge in [-0.2, -0.15) is 5.26 Å². The quantitative estimate of drug-likeness (QED) is 0.212. The monoisotopic (exact) mass is 611 g/mol. The van der Waals surface area contributed by atoms with E-state index < -0.39 is 5.38 Å². The van der Waals surface area contributed by atoms with Crippen molar-refractivity contribution in [2.45, 2.75) is 43.5 Å². The normalized spacial score (nSPS) is 21.4. The van der Waals surface area contributed by atoms with Crippen molar-refractivity contribution >= 4 is 39.8 Å². The smallest absolute Gasteiger partial charge is 0.248 e. The predicted octanol–water partition coefficient (Wildman–Crippen LogP) is 5.58. The number of nitrogens with one attached hydrogen (secondary N) is 3. The molecule has 9 nitrogen and oxygen atoms in total. The lowest BCUT2D eigenvalue weighted by Crippen LogP contribution is -2.24. The summed E-state index contributed by atoms with van der Waals surface area (Å²) in [6.45, 7) is 3.27. The second-order valence-corrected chi connectivity index (χ2v) is 11.5. The largest absolute Gasteiger partial charge is 0.486 e. The number of allylic oxidation sites excluding steroid dienone is 1. The average Bonchev–Trinajstić information content (AvgIpc) is 3.55. The molecule has 3 unspecified atom stereocenters. The molecule has 0 saturated carbocycles. The molecule has 2 fully saturated rings. The third kappa shape index (κ3) is 7.29. The number of halogens is 1. The Kier molecular flexibility index (Phi) is 9.54. The molecule has 0 spiro atoms. The molecule has 2 aliphatic heterocycles. The summed E-state index contributed by atoms with van der Waals surface area (Å²) in [5.41, 5.74) is 4.91. The summed E-state index contributed by atoms with van der Waals surface area (Å²) in [4.78, 5) is 17.7. The van der Waals surface area contributed by atoms with Crippen molar-refractivity contribution in [3.05, 3.63) is 95.4 Å². The van der Waals surface area contributed by atoms with Gasteiger partial charge in [0.1, 0.15) is 17.9 Å². The Morgan fingerprint density at radius 2 is 2.07 bits per heavy atom. The van der Waals surface area contributed by atoms with Gasteiger partial charge in [-0.15, -0.1) is 11.6 Å². The van der Waals surface area contributed by atoms with E-state index in [1.54, 1.807) is 12.1 Å². The first-order valence-corrected chi connectivity index (χ1v) is 15.3. The van der Waals surface area contributed by atoms with E-state index in [-0.39, 0.29) is 18.1 Å². The van der Waals surface area contributed by atoms with Crippen LogP contribution >= 0.6 is 11.6 Å². The van der Waals surface area contributed by atoms with Crippen LogP contribution in [0.15, 0.2) is 84.2 Å². The number of aromatic nitrogens is 1. The van der Waals surface area contributed by atoms with E-state index in [4.69, 9.17) is 25.8 Å². The lowest BCUT2D eigenvalue weighted by atomic mass is 10.0. The fourth-order valence-electron chi connectivity index (χ4n) is 5.43. The van der Waals surface area contributed by atoms with Crippen molar-refractivity contribution in [1.82, 2.24) is 10.3 Å². The Hall–Kier alpha value is -4.20. The van der Waals surface area contributed by atoms with E-state index in [1.165, 1.54) is 6.20 Å². The number of hydrogen-bond donors (Lipinski definition) is 3. The summed E-state index contributed by atoms with van der Waals surface area (Å²) in [6, 6.07) is 15.8. The number of fused-ring (bicyclic) bond motifs is 1. The van der Waals surface area contributed by atoms with E-state index in [2.05, 4.69) is 27.0 Å². The number of anilines is 2. The van der Waals surface area contributed by atoms with Crippen molar-refractivity contribution in [2.24, 2.45) is 0 Å². The lowest BCUT2D eigenvalue weighted by Gasteiger charge is -2.23. The summed E-state index contributed by atoms with van der Waals surface area (Å²) in [5.74, 6) is 0.279. The fraction of sp³-hybridized carbons (Fsp3) is 0.324. The van der Waals surface area contributed by atoms with Crippen molar-refractivity contribution in [3.8, 4) is 11.8 Å². The molecule has 226 valence electrons. The van der Waals surface area contributed by atoms with E-state index in [9.17, 15) is 10.1 Å². The summed E-state index contributed by atoms with van der Waals surface area (Å²) >= 11 is 6.71. The van der Waals surface area contributed by atoms with Crippen LogP contribution in [0.25, 0.3) is 10.9 Å². The van der Waals surface area contributed by atoms with Gasteiger partial charge >= 0.3 is 0 Å². The number of benzene rings is 2. The van der Waals surface area contributed by atoms with Gasteiger partial charge in [-0.25, -0.2) is 0 Å². The van der Waals surface area contributed by atoms with Gasteiger partial charge < -0.3 is 30.2 Å². The zero-order valence-corrected chi connectivity index (χ0v) is 25.0. The Bertz CT molecular complexity index is 1630. The number of rotatable bonds is 9. The number of piperidine rings is 1. The molecule has 6 rings (SSSR count). The lowest BCUT2D eigenvalue weighted by molar-refractivity contribution is -0.112. The minimum Gasteiger partial charge on any atom is -0.486 e. The number of amides is 1. The van der Waals surface area contributed by atoms with E-state index in [0.29, 0.717) is 53.4 Å². The van der Waals surface area contributed by atoms with Gasteiger partial charge in [0.25, 0.3) is 0 Å². The van der Waals surface area contributed by atoms with Crippen LogP contribution in [0.2, 0.25) is 0 Å². The van der Waals surface area contributed by atoms with Gasteiger partial charge in [0.2, 0.25) is 5.91 Å². The second-order valence-electron chi connectivity index (χ2n) is 11.0. The average molecular weight is 612 g/mol. The van der Waals surface area contributed by atoms with Gasteiger partial charge in [-0.1, -0.05) is 42.0 Å². The minimum atomic E-state index is -0.420. The zero-order valence-electron chi connectivity index (χ0n) is 24.2. The van der Waals surface area contributed by atoms with Crippen molar-refractivity contribution in [1.29, 1.82) is 5.26 Å². The molecule has 0 bridgehead atoms. The molecule has 3 N–H and O–H groups in total. The van der Waals surface area contributed by atoms with Crippen LogP contribution in [0.4, 0.5) is 11.4 Å². The maximum Gasteiger partial charge on any atom is 0.248 e. The Morgan fingerprint density at radius 3 is 2.82 bits per heavy atom. The Labute approximate surface area is 261 Å². The molecule has 3 heterocycles. The second kappa shape index (κ2) is 14.1. The highest BCUT2D eigenvalue weighted by Crippen LogP contribution is 2.37. The molecule has 2 aromatic carbocycles. The number of nitrogens with zero attached hydrogens (tertiary/aromatic N) is 2. The van der Waals surface area contributed by atoms with E-state index >= 15 is 0 Å². The molecule has 1 aromatic heterocycles. The molecular weight excluding hydrogens is 578 g/mol. The molecule has 1 aliphatic carbocycles. The van der Waals surface area contributed by atoms with Crippen molar-refractivity contribution in [3.63, 3.8) is 0 Å². The van der Waals surface area contributed by atoms with Crippen LogP contribution in [0, 0.1) is 11.3 Å². The van der Waals surface area contributed by atoms with Crippen LogP contribution in [0.1, 0.15) is 30.4 Å². The van der Waals surface area contributed by atoms with Gasteiger partial charge in [-0.3, -0.25) is 9.78 Å². The highest BCUT2D eigenvalue weighted by Gasteiger charge is 2.23. The molecule has 2 saturated heterocycles.